The quantitative estimate of drug-likeness (QED) is 0.897. The van der Waals surface area contributed by atoms with Crippen molar-refractivity contribution in [1.82, 2.24) is 4.98 Å². The number of hydrogen-bond donors (Lipinski definition) is 1. The van der Waals surface area contributed by atoms with Gasteiger partial charge in [-0.2, -0.15) is 0 Å². The van der Waals surface area contributed by atoms with Crippen molar-refractivity contribution < 1.29 is 4.74 Å². The van der Waals surface area contributed by atoms with Gasteiger partial charge in [0.05, 0.1) is 12.8 Å². The molecule has 0 saturated heterocycles. The van der Waals surface area contributed by atoms with Crippen LogP contribution in [-0.2, 0) is 0 Å². The van der Waals surface area contributed by atoms with Crippen molar-refractivity contribution >= 4 is 39.0 Å². The number of methoxy groups -OCH3 is 1. The molecule has 1 heterocycles. The van der Waals surface area contributed by atoms with Crippen molar-refractivity contribution in [1.29, 1.82) is 0 Å². The highest BCUT2D eigenvalue weighted by atomic mass is 79.9. The molecule has 0 fully saturated rings. The molecule has 0 spiro atoms. The van der Waals surface area contributed by atoms with E-state index in [4.69, 9.17) is 16.3 Å². The van der Waals surface area contributed by atoms with Crippen LogP contribution in [-0.4, -0.2) is 12.1 Å². The van der Waals surface area contributed by atoms with E-state index in [0.29, 0.717) is 10.8 Å². The van der Waals surface area contributed by atoms with E-state index in [2.05, 4.69) is 26.2 Å². The maximum absolute atomic E-state index is 6.06. The van der Waals surface area contributed by atoms with Crippen LogP contribution in [0.25, 0.3) is 0 Å². The first kappa shape index (κ1) is 13.2. The van der Waals surface area contributed by atoms with Crippen LogP contribution in [0.1, 0.15) is 5.56 Å². The number of halogens is 2. The van der Waals surface area contributed by atoms with Gasteiger partial charge in [-0.3, -0.25) is 0 Å². The Bertz CT molecular complexity index is 558. The fraction of sp³-hybridized carbons (Fsp3) is 0.154. The number of rotatable bonds is 3. The van der Waals surface area contributed by atoms with Crippen molar-refractivity contribution in [2.75, 3.05) is 12.4 Å². The van der Waals surface area contributed by atoms with Crippen molar-refractivity contribution in [2.45, 2.75) is 6.92 Å². The molecule has 0 amide bonds. The summed E-state index contributed by atoms with van der Waals surface area (Å²) in [6.45, 7) is 1.95. The Morgan fingerprint density at radius 2 is 2.11 bits per heavy atom. The summed E-state index contributed by atoms with van der Waals surface area (Å²) in [7, 11) is 1.61. The molecule has 0 aliphatic rings. The molecule has 94 valence electrons. The molecular formula is C13H12BrClN2O. The van der Waals surface area contributed by atoms with Gasteiger partial charge in [-0.15, -0.1) is 0 Å². The second-order valence-corrected chi connectivity index (χ2v) is 5.11. The summed E-state index contributed by atoms with van der Waals surface area (Å²) in [6.07, 6.45) is 1.73. The lowest BCUT2D eigenvalue weighted by Crippen LogP contribution is -1.97. The van der Waals surface area contributed by atoms with Crippen molar-refractivity contribution in [3.8, 4) is 5.75 Å². The number of aromatic nitrogens is 1. The van der Waals surface area contributed by atoms with Crippen LogP contribution in [0, 0.1) is 6.92 Å². The van der Waals surface area contributed by atoms with E-state index in [1.54, 1.807) is 19.4 Å². The van der Waals surface area contributed by atoms with Gasteiger partial charge in [0.15, 0.2) is 0 Å². The van der Waals surface area contributed by atoms with Crippen LogP contribution in [0.3, 0.4) is 0 Å². The average Bonchev–Trinajstić information content (AvgIpc) is 2.36. The molecule has 0 unspecified atom stereocenters. The Labute approximate surface area is 119 Å². The third-order valence-corrected chi connectivity index (χ3v) is 3.35. The number of aryl methyl sites for hydroxylation is 1. The van der Waals surface area contributed by atoms with Crippen LogP contribution < -0.4 is 10.1 Å². The fourth-order valence-corrected chi connectivity index (χ4v) is 1.91. The standard InChI is InChI=1S/C13H12BrClN2O/c1-8-5-11(12(18-2)6-10(8)15)17-13-4-3-9(14)7-16-13/h3-7H,1-2H3,(H,16,17). The minimum Gasteiger partial charge on any atom is -0.495 e. The van der Waals surface area contributed by atoms with Gasteiger partial charge in [-0.05, 0) is 46.6 Å². The lowest BCUT2D eigenvalue weighted by Gasteiger charge is -2.12. The maximum atomic E-state index is 6.06. The summed E-state index contributed by atoms with van der Waals surface area (Å²) in [4.78, 5) is 4.25. The molecule has 0 atom stereocenters. The SMILES string of the molecule is COc1cc(Cl)c(C)cc1Nc1ccc(Br)cn1. The zero-order valence-electron chi connectivity index (χ0n) is 10.00. The molecule has 1 aromatic heterocycles. The number of nitrogens with zero attached hydrogens (tertiary/aromatic N) is 1. The maximum Gasteiger partial charge on any atom is 0.143 e. The topological polar surface area (TPSA) is 34.1 Å². The van der Waals surface area contributed by atoms with Crippen molar-refractivity contribution in [2.24, 2.45) is 0 Å². The van der Waals surface area contributed by atoms with E-state index in [-0.39, 0.29) is 0 Å². The lowest BCUT2D eigenvalue weighted by molar-refractivity contribution is 0.416. The first-order valence-corrected chi connectivity index (χ1v) is 6.50. The van der Waals surface area contributed by atoms with Crippen molar-refractivity contribution in [3.63, 3.8) is 0 Å². The largest absolute Gasteiger partial charge is 0.495 e. The van der Waals surface area contributed by atoms with Gasteiger partial charge >= 0.3 is 0 Å². The summed E-state index contributed by atoms with van der Waals surface area (Å²) in [6, 6.07) is 7.53. The minimum atomic E-state index is 0.682. The van der Waals surface area contributed by atoms with E-state index >= 15 is 0 Å². The van der Waals surface area contributed by atoms with Crippen LogP contribution in [0.2, 0.25) is 5.02 Å². The minimum absolute atomic E-state index is 0.682. The number of ether oxygens (including phenoxy) is 1. The molecular weight excluding hydrogens is 316 g/mol. The molecule has 3 nitrogen and oxygen atoms in total. The van der Waals surface area contributed by atoms with Crippen LogP contribution in [0.5, 0.6) is 5.75 Å². The number of hydrogen-bond acceptors (Lipinski definition) is 3. The number of benzene rings is 1. The highest BCUT2D eigenvalue weighted by molar-refractivity contribution is 9.10. The van der Waals surface area contributed by atoms with E-state index in [1.165, 1.54) is 0 Å². The molecule has 1 aromatic carbocycles. The van der Waals surface area contributed by atoms with Gasteiger partial charge in [0.25, 0.3) is 0 Å². The van der Waals surface area contributed by atoms with Crippen LogP contribution in [0.4, 0.5) is 11.5 Å². The Hall–Kier alpha value is -1.26. The molecule has 0 saturated carbocycles. The van der Waals surface area contributed by atoms with Gasteiger partial charge in [0.1, 0.15) is 11.6 Å². The van der Waals surface area contributed by atoms with Gasteiger partial charge in [0, 0.05) is 21.8 Å². The van der Waals surface area contributed by atoms with Crippen LogP contribution in [0.15, 0.2) is 34.9 Å². The monoisotopic (exact) mass is 326 g/mol. The third kappa shape index (κ3) is 2.94. The van der Waals surface area contributed by atoms with Crippen LogP contribution >= 0.6 is 27.5 Å². The van der Waals surface area contributed by atoms with Gasteiger partial charge < -0.3 is 10.1 Å². The Morgan fingerprint density at radius 3 is 2.72 bits per heavy atom. The molecule has 0 radical (unpaired) electrons. The summed E-state index contributed by atoms with van der Waals surface area (Å²) in [5, 5.41) is 3.88. The molecule has 1 N–H and O–H groups in total. The third-order valence-electron chi connectivity index (χ3n) is 2.47. The van der Waals surface area contributed by atoms with Gasteiger partial charge in [0.2, 0.25) is 0 Å². The molecule has 0 aliphatic carbocycles. The molecule has 18 heavy (non-hydrogen) atoms. The highest BCUT2D eigenvalue weighted by Gasteiger charge is 2.07. The molecule has 0 aliphatic heterocycles. The fourth-order valence-electron chi connectivity index (χ4n) is 1.52. The second-order valence-electron chi connectivity index (χ2n) is 3.79. The normalized spacial score (nSPS) is 10.2. The lowest BCUT2D eigenvalue weighted by atomic mass is 10.2. The van der Waals surface area contributed by atoms with E-state index in [1.807, 2.05) is 25.1 Å². The zero-order chi connectivity index (χ0) is 13.1. The predicted molar refractivity (Wildman–Crippen MR) is 78.0 cm³/mol. The van der Waals surface area contributed by atoms with E-state index < -0.39 is 0 Å². The Balaban J connectivity index is 2.33. The molecule has 2 aromatic rings. The Kier molecular flexibility index (Phi) is 4.09. The van der Waals surface area contributed by atoms with Gasteiger partial charge in [-0.1, -0.05) is 11.6 Å². The smallest absolute Gasteiger partial charge is 0.143 e. The highest BCUT2D eigenvalue weighted by Crippen LogP contribution is 2.32. The number of nitrogens with one attached hydrogen (secondary N) is 1. The summed E-state index contributed by atoms with van der Waals surface area (Å²) >= 11 is 9.41. The van der Waals surface area contributed by atoms with E-state index in [9.17, 15) is 0 Å². The van der Waals surface area contributed by atoms with Crippen molar-refractivity contribution in [3.05, 3.63) is 45.5 Å². The second kappa shape index (κ2) is 5.59. The van der Waals surface area contributed by atoms with Gasteiger partial charge in [-0.25, -0.2) is 4.98 Å². The van der Waals surface area contributed by atoms with E-state index in [0.717, 1.165) is 21.5 Å². The Morgan fingerprint density at radius 1 is 1.33 bits per heavy atom. The average molecular weight is 328 g/mol. The number of pyridine rings is 1. The number of anilines is 2. The molecule has 5 heteroatoms. The first-order chi connectivity index (χ1) is 8.60. The zero-order valence-corrected chi connectivity index (χ0v) is 12.3. The molecule has 0 bridgehead atoms. The first-order valence-electron chi connectivity index (χ1n) is 5.33. The predicted octanol–water partition coefficient (Wildman–Crippen LogP) is 4.56. The summed E-state index contributed by atoms with van der Waals surface area (Å²) in [5.74, 6) is 1.44. The summed E-state index contributed by atoms with van der Waals surface area (Å²) < 4.78 is 6.23. The molecule has 2 rings (SSSR count). The summed E-state index contributed by atoms with van der Waals surface area (Å²) in [5.41, 5.74) is 1.83.